The van der Waals surface area contributed by atoms with Crippen LogP contribution < -0.4 is 5.32 Å². The van der Waals surface area contributed by atoms with E-state index < -0.39 is 24.5 Å². The molecule has 1 N–H and O–H groups in total. The van der Waals surface area contributed by atoms with Gasteiger partial charge in [0.2, 0.25) is 0 Å². The zero-order chi connectivity index (χ0) is 20.3. The quantitative estimate of drug-likeness (QED) is 0.680. The molecule has 0 atom stereocenters. The number of hydrogen-bond donors (Lipinski definition) is 1. The van der Waals surface area contributed by atoms with E-state index in [1.807, 2.05) is 19.9 Å². The van der Waals surface area contributed by atoms with E-state index in [0.717, 1.165) is 36.1 Å². The van der Waals surface area contributed by atoms with Gasteiger partial charge in [0, 0.05) is 9.75 Å². The second kappa shape index (κ2) is 8.87. The van der Waals surface area contributed by atoms with Crippen molar-refractivity contribution in [1.29, 1.82) is 0 Å². The molecular weight excluding hydrogens is 398 g/mol. The van der Waals surface area contributed by atoms with E-state index in [4.69, 9.17) is 9.47 Å². The summed E-state index contributed by atoms with van der Waals surface area (Å²) < 4.78 is 10.3. The Morgan fingerprint density at radius 1 is 1.11 bits per heavy atom. The maximum Gasteiger partial charge on any atom is 0.348 e. The van der Waals surface area contributed by atoms with E-state index in [-0.39, 0.29) is 6.61 Å². The van der Waals surface area contributed by atoms with Gasteiger partial charge in [0.1, 0.15) is 9.88 Å². The summed E-state index contributed by atoms with van der Waals surface area (Å²) in [5.74, 6) is -1.43. The van der Waals surface area contributed by atoms with Crippen molar-refractivity contribution in [2.75, 3.05) is 18.5 Å². The first-order chi connectivity index (χ1) is 13.4. The Hall–Kier alpha value is -2.19. The van der Waals surface area contributed by atoms with Crippen molar-refractivity contribution in [2.45, 2.75) is 46.5 Å². The number of fused-ring (bicyclic) bond motifs is 1. The lowest BCUT2D eigenvalue weighted by molar-refractivity contribution is -0.119. The Balaban J connectivity index is 1.64. The molecule has 1 aliphatic carbocycles. The van der Waals surface area contributed by atoms with Crippen LogP contribution in [0.25, 0.3) is 0 Å². The van der Waals surface area contributed by atoms with Crippen LogP contribution in [-0.4, -0.2) is 31.1 Å². The first-order valence-electron chi connectivity index (χ1n) is 9.32. The maximum absolute atomic E-state index is 12.3. The molecule has 0 fully saturated rings. The number of carbonyl (C=O) groups excluding carboxylic acids is 3. The van der Waals surface area contributed by atoms with Gasteiger partial charge in [0.05, 0.1) is 12.2 Å². The molecule has 0 radical (unpaired) electrons. The Morgan fingerprint density at radius 3 is 2.57 bits per heavy atom. The van der Waals surface area contributed by atoms with E-state index in [1.165, 1.54) is 33.1 Å². The lowest BCUT2D eigenvalue weighted by Gasteiger charge is -2.07. The van der Waals surface area contributed by atoms with Crippen LogP contribution in [0.15, 0.2) is 6.07 Å². The van der Waals surface area contributed by atoms with Crippen molar-refractivity contribution in [3.8, 4) is 0 Å². The molecular formula is C20H23NO5S2. The number of rotatable bonds is 7. The summed E-state index contributed by atoms with van der Waals surface area (Å²) in [6.07, 6.45) is 3.87. The van der Waals surface area contributed by atoms with Gasteiger partial charge in [0.25, 0.3) is 5.91 Å². The number of carbonyl (C=O) groups is 3. The number of thiophene rings is 2. The molecule has 150 valence electrons. The highest BCUT2D eigenvalue weighted by molar-refractivity contribution is 7.17. The fourth-order valence-corrected chi connectivity index (χ4v) is 5.53. The molecule has 2 heterocycles. The predicted octanol–water partition coefficient (Wildman–Crippen LogP) is 4.14. The van der Waals surface area contributed by atoms with Crippen LogP contribution in [-0.2, 0) is 33.5 Å². The fourth-order valence-electron chi connectivity index (χ4n) is 3.23. The van der Waals surface area contributed by atoms with Gasteiger partial charge in [0.15, 0.2) is 6.61 Å². The molecule has 2 aromatic heterocycles. The summed E-state index contributed by atoms with van der Waals surface area (Å²) in [5.41, 5.74) is 2.39. The van der Waals surface area contributed by atoms with Gasteiger partial charge in [-0.3, -0.25) is 4.79 Å². The Morgan fingerprint density at radius 2 is 1.89 bits per heavy atom. The highest BCUT2D eigenvalue weighted by Crippen LogP contribution is 2.34. The summed E-state index contributed by atoms with van der Waals surface area (Å²) in [7, 11) is 0. The van der Waals surface area contributed by atoms with Crippen LogP contribution in [0.1, 0.15) is 61.2 Å². The van der Waals surface area contributed by atoms with Crippen molar-refractivity contribution in [1.82, 2.24) is 0 Å². The number of ether oxygens (including phenoxy) is 2. The van der Waals surface area contributed by atoms with E-state index in [0.29, 0.717) is 15.4 Å². The molecule has 1 aliphatic rings. The van der Waals surface area contributed by atoms with Gasteiger partial charge in [-0.2, -0.15) is 0 Å². The molecule has 0 bridgehead atoms. The molecule has 0 saturated carbocycles. The second-order valence-corrected chi connectivity index (χ2v) is 8.71. The molecule has 0 aliphatic heterocycles. The van der Waals surface area contributed by atoms with E-state index in [9.17, 15) is 14.4 Å². The van der Waals surface area contributed by atoms with Gasteiger partial charge >= 0.3 is 11.9 Å². The fraction of sp³-hybridized carbons (Fsp3) is 0.450. The molecule has 0 saturated heterocycles. The average molecular weight is 422 g/mol. The SMILES string of the molecule is CCOC(=O)c1c(NC(=O)COC(=O)c2cc3c(s2)CCC3)sc(CC)c1C. The van der Waals surface area contributed by atoms with E-state index in [2.05, 4.69) is 5.32 Å². The van der Waals surface area contributed by atoms with Crippen LogP contribution in [0.3, 0.4) is 0 Å². The maximum atomic E-state index is 12.3. The van der Waals surface area contributed by atoms with E-state index in [1.54, 1.807) is 6.92 Å². The molecule has 0 spiro atoms. The van der Waals surface area contributed by atoms with Crippen LogP contribution in [0.2, 0.25) is 0 Å². The van der Waals surface area contributed by atoms with Crippen molar-refractivity contribution < 1.29 is 23.9 Å². The van der Waals surface area contributed by atoms with Crippen LogP contribution in [0.4, 0.5) is 5.00 Å². The number of nitrogens with one attached hydrogen (secondary N) is 1. The second-order valence-electron chi connectivity index (χ2n) is 6.47. The predicted molar refractivity (Wildman–Crippen MR) is 110 cm³/mol. The lowest BCUT2D eigenvalue weighted by Crippen LogP contribution is -2.21. The summed E-state index contributed by atoms with van der Waals surface area (Å²) in [4.78, 5) is 39.5. The number of anilines is 1. The first-order valence-corrected chi connectivity index (χ1v) is 11.0. The number of esters is 2. The number of hydrogen-bond acceptors (Lipinski definition) is 7. The summed E-state index contributed by atoms with van der Waals surface area (Å²) in [6.45, 7) is 5.42. The van der Waals surface area contributed by atoms with Gasteiger partial charge in [-0.15, -0.1) is 22.7 Å². The van der Waals surface area contributed by atoms with Gasteiger partial charge < -0.3 is 14.8 Å². The largest absolute Gasteiger partial charge is 0.462 e. The zero-order valence-corrected chi connectivity index (χ0v) is 17.8. The Bertz CT molecular complexity index is 891. The average Bonchev–Trinajstić information content (AvgIpc) is 3.33. The first kappa shape index (κ1) is 20.5. The summed E-state index contributed by atoms with van der Waals surface area (Å²) >= 11 is 2.78. The van der Waals surface area contributed by atoms with Gasteiger partial charge in [-0.05, 0) is 56.7 Å². The van der Waals surface area contributed by atoms with Crippen LogP contribution in [0, 0.1) is 6.92 Å². The van der Waals surface area contributed by atoms with Crippen molar-refractivity contribution >= 4 is 45.5 Å². The molecule has 28 heavy (non-hydrogen) atoms. The molecule has 0 aromatic carbocycles. The minimum absolute atomic E-state index is 0.255. The zero-order valence-electron chi connectivity index (χ0n) is 16.2. The summed E-state index contributed by atoms with van der Waals surface area (Å²) in [6, 6.07) is 1.86. The van der Waals surface area contributed by atoms with E-state index >= 15 is 0 Å². The minimum atomic E-state index is -0.489. The number of aryl methyl sites for hydroxylation is 3. The highest BCUT2D eigenvalue weighted by Gasteiger charge is 2.24. The molecule has 8 heteroatoms. The molecule has 0 unspecified atom stereocenters. The third-order valence-corrected chi connectivity index (χ3v) is 7.15. The standard InChI is InChI=1S/C20H23NO5S2/c1-4-13-11(3)17(20(24)25-5-2)18(28-13)21-16(22)10-26-19(23)15-9-12-7-6-8-14(12)27-15/h9H,4-8,10H2,1-3H3,(H,21,22). The molecule has 2 aromatic rings. The van der Waals surface area contributed by atoms with Gasteiger partial charge in [-0.25, -0.2) is 9.59 Å². The molecule has 6 nitrogen and oxygen atoms in total. The smallest absolute Gasteiger partial charge is 0.348 e. The minimum Gasteiger partial charge on any atom is -0.462 e. The molecule has 1 amide bonds. The summed E-state index contributed by atoms with van der Waals surface area (Å²) in [5, 5.41) is 3.13. The van der Waals surface area contributed by atoms with Gasteiger partial charge in [-0.1, -0.05) is 6.92 Å². The molecule has 3 rings (SSSR count). The Kier molecular flexibility index (Phi) is 6.51. The Labute approximate surface area is 171 Å². The third kappa shape index (κ3) is 4.28. The highest BCUT2D eigenvalue weighted by atomic mass is 32.1. The van der Waals surface area contributed by atoms with Crippen molar-refractivity contribution in [3.63, 3.8) is 0 Å². The lowest BCUT2D eigenvalue weighted by atomic mass is 10.1. The van der Waals surface area contributed by atoms with Crippen molar-refractivity contribution in [2.24, 2.45) is 0 Å². The normalized spacial score (nSPS) is 12.5. The van der Waals surface area contributed by atoms with Crippen LogP contribution in [0.5, 0.6) is 0 Å². The van der Waals surface area contributed by atoms with Crippen molar-refractivity contribution in [3.05, 3.63) is 37.4 Å². The monoisotopic (exact) mass is 421 g/mol. The topological polar surface area (TPSA) is 81.7 Å². The van der Waals surface area contributed by atoms with Crippen LogP contribution >= 0.6 is 22.7 Å². The third-order valence-electron chi connectivity index (χ3n) is 4.58. The number of amides is 1.